The lowest BCUT2D eigenvalue weighted by Gasteiger charge is -2.08. The number of nitrogens with zero attached hydrogens (tertiary/aromatic N) is 3. The van der Waals surface area contributed by atoms with Gasteiger partial charge in [0.25, 0.3) is 5.91 Å². The third-order valence-electron chi connectivity index (χ3n) is 3.73. The molecule has 1 aromatic carbocycles. The van der Waals surface area contributed by atoms with Gasteiger partial charge >= 0.3 is 0 Å². The monoisotopic (exact) mass is 384 g/mol. The van der Waals surface area contributed by atoms with Gasteiger partial charge in [0, 0.05) is 24.8 Å². The van der Waals surface area contributed by atoms with Gasteiger partial charge in [-0.2, -0.15) is 0 Å². The van der Waals surface area contributed by atoms with E-state index in [0.29, 0.717) is 24.0 Å². The van der Waals surface area contributed by atoms with Crippen LogP contribution in [-0.4, -0.2) is 34.2 Å². The molecule has 0 saturated heterocycles. The highest BCUT2D eigenvalue weighted by molar-refractivity contribution is 5.94. The molecule has 9 heteroatoms. The SMILES string of the molecule is Cc1ccc(Nc2ccc(NCCNC(=O)c3ccc(F)c(F)c3)nn2)nc1. The number of hydrogen-bond donors (Lipinski definition) is 3. The molecule has 28 heavy (non-hydrogen) atoms. The number of halogens is 2. The fourth-order valence-corrected chi connectivity index (χ4v) is 2.27. The van der Waals surface area contributed by atoms with Crippen LogP contribution in [0.5, 0.6) is 0 Å². The number of nitrogens with one attached hydrogen (secondary N) is 3. The average molecular weight is 384 g/mol. The van der Waals surface area contributed by atoms with Crippen LogP contribution in [0.3, 0.4) is 0 Å². The molecular formula is C19H18F2N6O. The highest BCUT2D eigenvalue weighted by Crippen LogP contribution is 2.12. The second kappa shape index (κ2) is 8.85. The first-order valence-electron chi connectivity index (χ1n) is 8.52. The van der Waals surface area contributed by atoms with Crippen molar-refractivity contribution in [2.75, 3.05) is 23.7 Å². The van der Waals surface area contributed by atoms with Gasteiger partial charge in [0.1, 0.15) is 11.6 Å². The van der Waals surface area contributed by atoms with Crippen LogP contribution in [0.2, 0.25) is 0 Å². The van der Waals surface area contributed by atoms with Crippen molar-refractivity contribution in [1.29, 1.82) is 0 Å². The van der Waals surface area contributed by atoms with Crippen LogP contribution in [0.25, 0.3) is 0 Å². The lowest BCUT2D eigenvalue weighted by atomic mass is 10.2. The van der Waals surface area contributed by atoms with Crippen LogP contribution in [0.15, 0.2) is 48.7 Å². The molecule has 0 saturated carbocycles. The molecule has 0 spiro atoms. The summed E-state index contributed by atoms with van der Waals surface area (Å²) in [5, 5.41) is 16.7. The van der Waals surface area contributed by atoms with Crippen LogP contribution in [0, 0.1) is 18.6 Å². The van der Waals surface area contributed by atoms with Crippen LogP contribution in [0.4, 0.5) is 26.2 Å². The number of carbonyl (C=O) groups is 1. The number of amides is 1. The van der Waals surface area contributed by atoms with Crippen molar-refractivity contribution in [2.45, 2.75) is 6.92 Å². The van der Waals surface area contributed by atoms with Crippen molar-refractivity contribution in [1.82, 2.24) is 20.5 Å². The fraction of sp³-hybridized carbons (Fsp3) is 0.158. The van der Waals surface area contributed by atoms with E-state index in [1.165, 1.54) is 6.07 Å². The zero-order valence-electron chi connectivity index (χ0n) is 15.0. The number of carbonyl (C=O) groups excluding carboxylic acids is 1. The van der Waals surface area contributed by atoms with Crippen LogP contribution in [-0.2, 0) is 0 Å². The Kier molecular flexibility index (Phi) is 6.05. The first-order chi connectivity index (χ1) is 13.5. The number of rotatable bonds is 7. The zero-order chi connectivity index (χ0) is 19.9. The maximum atomic E-state index is 13.1. The third-order valence-corrected chi connectivity index (χ3v) is 3.73. The van der Waals surface area contributed by atoms with Crippen LogP contribution < -0.4 is 16.0 Å². The van der Waals surface area contributed by atoms with E-state index in [4.69, 9.17) is 0 Å². The number of hydrogen-bond acceptors (Lipinski definition) is 6. The maximum absolute atomic E-state index is 13.1. The summed E-state index contributed by atoms with van der Waals surface area (Å²) in [7, 11) is 0. The number of aryl methyl sites for hydroxylation is 1. The quantitative estimate of drug-likeness (QED) is 0.543. The van der Waals surface area contributed by atoms with Gasteiger partial charge in [0.2, 0.25) is 0 Å². The van der Waals surface area contributed by atoms with E-state index in [1.807, 2.05) is 19.1 Å². The van der Waals surface area contributed by atoms with Gasteiger partial charge in [-0.15, -0.1) is 10.2 Å². The van der Waals surface area contributed by atoms with Crippen molar-refractivity contribution < 1.29 is 13.6 Å². The van der Waals surface area contributed by atoms with E-state index in [-0.39, 0.29) is 12.1 Å². The van der Waals surface area contributed by atoms with E-state index in [0.717, 1.165) is 17.7 Å². The van der Waals surface area contributed by atoms with Gasteiger partial charge in [-0.25, -0.2) is 13.8 Å². The third kappa shape index (κ3) is 5.19. The van der Waals surface area contributed by atoms with E-state index < -0.39 is 17.5 Å². The number of aromatic nitrogens is 3. The topological polar surface area (TPSA) is 91.8 Å². The second-order valence-corrected chi connectivity index (χ2v) is 5.96. The van der Waals surface area contributed by atoms with Gasteiger partial charge in [0.15, 0.2) is 17.5 Å². The molecule has 2 heterocycles. The lowest BCUT2D eigenvalue weighted by Crippen LogP contribution is -2.29. The predicted octanol–water partition coefficient (Wildman–Crippen LogP) is 3.04. The molecule has 0 fully saturated rings. The molecule has 0 atom stereocenters. The van der Waals surface area contributed by atoms with E-state index >= 15 is 0 Å². The molecule has 0 aliphatic heterocycles. The maximum Gasteiger partial charge on any atom is 0.251 e. The summed E-state index contributed by atoms with van der Waals surface area (Å²) in [6, 6.07) is 10.3. The smallest absolute Gasteiger partial charge is 0.251 e. The second-order valence-electron chi connectivity index (χ2n) is 5.96. The van der Waals surface area contributed by atoms with Gasteiger partial charge in [-0.1, -0.05) is 6.07 Å². The summed E-state index contributed by atoms with van der Waals surface area (Å²) in [6.07, 6.45) is 1.75. The molecule has 0 unspecified atom stereocenters. The Morgan fingerprint density at radius 3 is 2.36 bits per heavy atom. The summed E-state index contributed by atoms with van der Waals surface area (Å²) < 4.78 is 26.0. The van der Waals surface area contributed by atoms with Gasteiger partial charge in [0.05, 0.1) is 0 Å². The average Bonchev–Trinajstić information content (AvgIpc) is 2.70. The Balaban J connectivity index is 1.44. The number of anilines is 3. The largest absolute Gasteiger partial charge is 0.367 e. The molecular weight excluding hydrogens is 366 g/mol. The highest BCUT2D eigenvalue weighted by Gasteiger charge is 2.09. The predicted molar refractivity (Wildman–Crippen MR) is 101 cm³/mol. The van der Waals surface area contributed by atoms with E-state index in [2.05, 4.69) is 31.1 Å². The molecule has 0 aliphatic rings. The summed E-state index contributed by atoms with van der Waals surface area (Å²) >= 11 is 0. The fourth-order valence-electron chi connectivity index (χ4n) is 2.27. The van der Waals surface area contributed by atoms with Crippen molar-refractivity contribution in [3.63, 3.8) is 0 Å². The Labute approximate surface area is 160 Å². The first-order valence-corrected chi connectivity index (χ1v) is 8.52. The minimum atomic E-state index is -1.06. The van der Waals surface area contributed by atoms with E-state index in [1.54, 1.807) is 18.3 Å². The first kappa shape index (κ1) is 19.2. The lowest BCUT2D eigenvalue weighted by molar-refractivity contribution is 0.0954. The van der Waals surface area contributed by atoms with Crippen LogP contribution in [0.1, 0.15) is 15.9 Å². The molecule has 0 aliphatic carbocycles. The molecule has 0 radical (unpaired) electrons. The summed E-state index contributed by atoms with van der Waals surface area (Å²) in [6.45, 7) is 2.61. The Bertz CT molecular complexity index is 948. The summed E-state index contributed by atoms with van der Waals surface area (Å²) in [5.41, 5.74) is 1.12. The minimum Gasteiger partial charge on any atom is -0.367 e. The van der Waals surface area contributed by atoms with Crippen molar-refractivity contribution in [3.8, 4) is 0 Å². The van der Waals surface area contributed by atoms with Crippen molar-refractivity contribution >= 4 is 23.4 Å². The minimum absolute atomic E-state index is 0.0545. The molecule has 2 aromatic heterocycles. The van der Waals surface area contributed by atoms with Crippen molar-refractivity contribution in [3.05, 3.63) is 71.4 Å². The van der Waals surface area contributed by atoms with E-state index in [9.17, 15) is 13.6 Å². The standard InChI is InChI=1S/C19H18F2N6O/c1-12-2-5-16(24-11-12)25-18-7-6-17(26-27-18)22-8-9-23-19(28)13-3-4-14(20)15(21)10-13/h2-7,10-11H,8-9H2,1H3,(H,22,26)(H,23,28)(H,24,25,27). The normalized spacial score (nSPS) is 10.4. The van der Waals surface area contributed by atoms with Gasteiger partial charge in [-0.3, -0.25) is 4.79 Å². The molecule has 144 valence electrons. The molecule has 7 nitrogen and oxygen atoms in total. The molecule has 1 amide bonds. The van der Waals surface area contributed by atoms with Crippen molar-refractivity contribution in [2.24, 2.45) is 0 Å². The highest BCUT2D eigenvalue weighted by atomic mass is 19.2. The summed E-state index contributed by atoms with van der Waals surface area (Å²) in [5.74, 6) is -0.793. The van der Waals surface area contributed by atoms with Gasteiger partial charge < -0.3 is 16.0 Å². The summed E-state index contributed by atoms with van der Waals surface area (Å²) in [4.78, 5) is 16.1. The molecule has 3 N–H and O–H groups in total. The van der Waals surface area contributed by atoms with Gasteiger partial charge in [-0.05, 0) is 48.9 Å². The molecule has 3 aromatic rings. The molecule has 0 bridgehead atoms. The van der Waals surface area contributed by atoms with Crippen LogP contribution >= 0.6 is 0 Å². The Morgan fingerprint density at radius 2 is 1.68 bits per heavy atom. The Morgan fingerprint density at radius 1 is 0.929 bits per heavy atom. The Hall–Kier alpha value is -3.62. The molecule has 3 rings (SSSR count). The number of pyridine rings is 1. The number of benzene rings is 1. The zero-order valence-corrected chi connectivity index (χ0v) is 15.0.